The van der Waals surface area contributed by atoms with Crippen LogP contribution in [0.1, 0.15) is 0 Å². The Morgan fingerprint density at radius 3 is 1.82 bits per heavy atom. The summed E-state index contributed by atoms with van der Waals surface area (Å²) in [4.78, 5) is 0. The average Bonchev–Trinajstić information content (AvgIpc) is 2.36. The van der Waals surface area contributed by atoms with Gasteiger partial charge in [-0.1, -0.05) is 30.3 Å². The van der Waals surface area contributed by atoms with Crippen molar-refractivity contribution in [3.8, 4) is 11.1 Å². The maximum atomic E-state index is 13.8. The Morgan fingerprint density at radius 2 is 1.24 bits per heavy atom. The number of halogens is 3. The Hall–Kier alpha value is -2.17. The lowest BCUT2D eigenvalue weighted by Crippen LogP contribution is -2.06. The van der Waals surface area contributed by atoms with Gasteiger partial charge in [0.1, 0.15) is 0 Å². The van der Waals surface area contributed by atoms with Crippen LogP contribution in [-0.2, 0) is 0 Å². The zero-order valence-corrected chi connectivity index (χ0v) is 8.68. The molecule has 2 rings (SSSR count). The van der Waals surface area contributed by atoms with Crippen LogP contribution in [0, 0.1) is 17.5 Å². The van der Waals surface area contributed by atoms with Crippen molar-refractivity contribution in [3.05, 3.63) is 47.8 Å². The number of benzene rings is 2. The lowest BCUT2D eigenvalue weighted by atomic mass is 10.0. The Morgan fingerprint density at radius 1 is 0.706 bits per heavy atom. The Bertz CT molecular complexity index is 539. The van der Waals surface area contributed by atoms with Crippen LogP contribution in [0.15, 0.2) is 30.3 Å². The van der Waals surface area contributed by atoms with Gasteiger partial charge >= 0.3 is 0 Å². The van der Waals surface area contributed by atoms with Gasteiger partial charge in [0.25, 0.3) is 0 Å². The van der Waals surface area contributed by atoms with Crippen LogP contribution in [0.2, 0.25) is 0 Å². The maximum absolute atomic E-state index is 13.8. The summed E-state index contributed by atoms with van der Waals surface area (Å²) in [5.74, 6) is -3.71. The van der Waals surface area contributed by atoms with Gasteiger partial charge in [-0.05, 0) is 5.56 Å². The summed E-state index contributed by atoms with van der Waals surface area (Å²) in [6.07, 6.45) is 0. The summed E-state index contributed by atoms with van der Waals surface area (Å²) >= 11 is 0. The molecule has 0 aliphatic carbocycles. The van der Waals surface area contributed by atoms with Gasteiger partial charge < -0.3 is 11.5 Å². The summed E-state index contributed by atoms with van der Waals surface area (Å²) in [7, 11) is 0. The lowest BCUT2D eigenvalue weighted by Gasteiger charge is -2.11. The second-order valence-corrected chi connectivity index (χ2v) is 3.51. The molecule has 0 bridgehead atoms. The van der Waals surface area contributed by atoms with Crippen molar-refractivity contribution in [2.75, 3.05) is 11.5 Å². The summed E-state index contributed by atoms with van der Waals surface area (Å²) < 4.78 is 40.8. The molecule has 0 spiro atoms. The number of nitrogens with two attached hydrogens (primary N) is 2. The third-order valence-corrected chi connectivity index (χ3v) is 2.46. The van der Waals surface area contributed by atoms with Crippen molar-refractivity contribution in [2.24, 2.45) is 0 Å². The van der Waals surface area contributed by atoms with E-state index < -0.39 is 34.4 Å². The molecule has 2 aromatic rings. The van der Waals surface area contributed by atoms with E-state index in [2.05, 4.69) is 0 Å². The SMILES string of the molecule is Nc1c(N)c(F)c(-c2ccccc2)c(F)c1F. The fourth-order valence-corrected chi connectivity index (χ4v) is 1.55. The molecule has 4 N–H and O–H groups in total. The quantitative estimate of drug-likeness (QED) is 0.592. The van der Waals surface area contributed by atoms with Crippen molar-refractivity contribution in [2.45, 2.75) is 0 Å². The first kappa shape index (κ1) is 11.3. The Kier molecular flexibility index (Phi) is 2.67. The highest BCUT2D eigenvalue weighted by molar-refractivity contribution is 5.76. The van der Waals surface area contributed by atoms with E-state index in [9.17, 15) is 13.2 Å². The third-order valence-electron chi connectivity index (χ3n) is 2.46. The van der Waals surface area contributed by atoms with Gasteiger partial charge in [-0.2, -0.15) is 0 Å². The van der Waals surface area contributed by atoms with E-state index in [1.807, 2.05) is 0 Å². The van der Waals surface area contributed by atoms with Crippen molar-refractivity contribution in [1.82, 2.24) is 0 Å². The van der Waals surface area contributed by atoms with E-state index >= 15 is 0 Å². The molecular formula is C12H9F3N2. The zero-order valence-electron chi connectivity index (χ0n) is 8.68. The molecule has 5 heteroatoms. The molecule has 0 saturated heterocycles. The first-order valence-electron chi connectivity index (χ1n) is 4.80. The van der Waals surface area contributed by atoms with Gasteiger partial charge in [0, 0.05) is 0 Å². The summed E-state index contributed by atoms with van der Waals surface area (Å²) in [6, 6.07) is 7.75. The van der Waals surface area contributed by atoms with E-state index in [0.29, 0.717) is 0 Å². The minimum Gasteiger partial charge on any atom is -0.395 e. The largest absolute Gasteiger partial charge is 0.395 e. The molecule has 0 unspecified atom stereocenters. The first-order valence-corrected chi connectivity index (χ1v) is 4.80. The molecular weight excluding hydrogens is 229 g/mol. The van der Waals surface area contributed by atoms with Gasteiger partial charge in [-0.15, -0.1) is 0 Å². The van der Waals surface area contributed by atoms with E-state index in [1.165, 1.54) is 12.1 Å². The minimum atomic E-state index is -1.33. The molecule has 0 heterocycles. The zero-order chi connectivity index (χ0) is 12.6. The van der Waals surface area contributed by atoms with E-state index in [-0.39, 0.29) is 5.56 Å². The smallest absolute Gasteiger partial charge is 0.184 e. The number of rotatable bonds is 1. The highest BCUT2D eigenvalue weighted by atomic mass is 19.2. The number of nitrogen functional groups attached to an aromatic ring is 2. The molecule has 0 fully saturated rings. The molecule has 0 saturated carbocycles. The number of anilines is 2. The molecule has 88 valence electrons. The summed E-state index contributed by atoms with van der Waals surface area (Å²) in [6.45, 7) is 0. The lowest BCUT2D eigenvalue weighted by molar-refractivity contribution is 0.504. The fourth-order valence-electron chi connectivity index (χ4n) is 1.55. The Balaban J connectivity index is 2.80. The van der Waals surface area contributed by atoms with Crippen molar-refractivity contribution in [1.29, 1.82) is 0 Å². The molecule has 0 aliphatic heterocycles. The van der Waals surface area contributed by atoms with Gasteiger partial charge in [0.05, 0.1) is 16.9 Å². The molecule has 0 atom stereocenters. The van der Waals surface area contributed by atoms with Crippen LogP contribution >= 0.6 is 0 Å². The third kappa shape index (κ3) is 1.69. The van der Waals surface area contributed by atoms with E-state index in [4.69, 9.17) is 11.5 Å². The molecule has 0 aliphatic rings. The van der Waals surface area contributed by atoms with Crippen molar-refractivity contribution < 1.29 is 13.2 Å². The van der Waals surface area contributed by atoms with Gasteiger partial charge in [0.2, 0.25) is 0 Å². The normalized spacial score (nSPS) is 10.5. The van der Waals surface area contributed by atoms with Crippen molar-refractivity contribution >= 4 is 11.4 Å². The number of hydrogen-bond acceptors (Lipinski definition) is 2. The van der Waals surface area contributed by atoms with Crippen LogP contribution < -0.4 is 11.5 Å². The van der Waals surface area contributed by atoms with Crippen LogP contribution in [0.4, 0.5) is 24.5 Å². The van der Waals surface area contributed by atoms with Crippen LogP contribution in [0.5, 0.6) is 0 Å². The summed E-state index contributed by atoms with van der Waals surface area (Å²) in [5.41, 5.74) is 8.84. The maximum Gasteiger partial charge on any atom is 0.184 e. The van der Waals surface area contributed by atoms with Gasteiger partial charge in [-0.3, -0.25) is 0 Å². The van der Waals surface area contributed by atoms with Gasteiger partial charge in [0.15, 0.2) is 17.5 Å². The second-order valence-electron chi connectivity index (χ2n) is 3.51. The second kappa shape index (κ2) is 4.01. The van der Waals surface area contributed by atoms with Crippen LogP contribution in [0.3, 0.4) is 0 Å². The standard InChI is InChI=1S/C12H9F3N2/c13-8-7(6-4-2-1-3-5-6)9(14)11(16)12(17)10(8)15/h1-5H,16-17H2. The summed E-state index contributed by atoms with van der Waals surface area (Å²) in [5, 5.41) is 0. The number of hydrogen-bond donors (Lipinski definition) is 2. The molecule has 0 radical (unpaired) electrons. The monoisotopic (exact) mass is 238 g/mol. The first-order chi connectivity index (χ1) is 8.04. The van der Waals surface area contributed by atoms with Gasteiger partial charge in [-0.25, -0.2) is 13.2 Å². The highest BCUT2D eigenvalue weighted by Gasteiger charge is 2.22. The predicted octanol–water partition coefficient (Wildman–Crippen LogP) is 2.94. The molecule has 2 nitrogen and oxygen atoms in total. The highest BCUT2D eigenvalue weighted by Crippen LogP contribution is 2.35. The van der Waals surface area contributed by atoms with Crippen LogP contribution in [0.25, 0.3) is 11.1 Å². The topological polar surface area (TPSA) is 52.0 Å². The molecule has 0 amide bonds. The minimum absolute atomic E-state index is 0.202. The average molecular weight is 238 g/mol. The van der Waals surface area contributed by atoms with Crippen molar-refractivity contribution in [3.63, 3.8) is 0 Å². The van der Waals surface area contributed by atoms with Crippen LogP contribution in [-0.4, -0.2) is 0 Å². The Labute approximate surface area is 95.7 Å². The molecule has 0 aromatic heterocycles. The fraction of sp³-hybridized carbons (Fsp3) is 0. The van der Waals surface area contributed by atoms with E-state index in [0.717, 1.165) is 0 Å². The predicted molar refractivity (Wildman–Crippen MR) is 60.6 cm³/mol. The van der Waals surface area contributed by atoms with E-state index in [1.54, 1.807) is 18.2 Å². The molecule has 2 aromatic carbocycles. The molecule has 17 heavy (non-hydrogen) atoms.